The molecule has 106 valence electrons. The van der Waals surface area contributed by atoms with Crippen molar-refractivity contribution in [2.75, 3.05) is 6.61 Å². The highest BCUT2D eigenvalue weighted by atomic mass is 16.4. The summed E-state index contributed by atoms with van der Waals surface area (Å²) < 4.78 is 1.75. The number of rotatable bonds is 7. The molecule has 1 heterocycles. The van der Waals surface area contributed by atoms with Crippen LogP contribution in [0.4, 0.5) is 4.79 Å². The molecule has 0 saturated carbocycles. The Morgan fingerprint density at radius 2 is 2.26 bits per heavy atom. The number of aliphatic carboxylic acids is 1. The molecule has 4 N–H and O–H groups in total. The average Bonchev–Trinajstić information content (AvgIpc) is 2.83. The third kappa shape index (κ3) is 4.54. The quantitative estimate of drug-likeness (QED) is 0.500. The Labute approximate surface area is 109 Å². The van der Waals surface area contributed by atoms with Gasteiger partial charge >= 0.3 is 12.0 Å². The largest absolute Gasteiger partial charge is 0.480 e. The van der Waals surface area contributed by atoms with E-state index in [9.17, 15) is 9.59 Å². The topological polar surface area (TPSA) is 129 Å². The van der Waals surface area contributed by atoms with Crippen molar-refractivity contribution in [2.45, 2.75) is 32.5 Å². The summed E-state index contributed by atoms with van der Waals surface area (Å²) in [6.07, 6.45) is 1.49. The van der Waals surface area contributed by atoms with E-state index in [0.717, 1.165) is 0 Å². The summed E-state index contributed by atoms with van der Waals surface area (Å²) in [7, 11) is 0. The number of carbonyl (C=O) groups is 2. The number of aliphatic hydroxyl groups is 1. The van der Waals surface area contributed by atoms with Crippen LogP contribution in [0.2, 0.25) is 0 Å². The standard InChI is InChI=1S/C10H17N5O4/c1-2-15-6-12-14-8(15)5-11-10(19)13-7(3-4-16)9(17)18/h6-7,16H,2-5H2,1H3,(H,17,18)(H2,11,13,19)/t7-/m0/s1. The van der Waals surface area contributed by atoms with Crippen molar-refractivity contribution in [3.63, 3.8) is 0 Å². The summed E-state index contributed by atoms with van der Waals surface area (Å²) in [6, 6.07) is -1.75. The first-order chi connectivity index (χ1) is 9.08. The second-order valence-electron chi connectivity index (χ2n) is 3.76. The van der Waals surface area contributed by atoms with E-state index in [1.54, 1.807) is 10.9 Å². The van der Waals surface area contributed by atoms with E-state index in [2.05, 4.69) is 20.8 Å². The number of aryl methyl sites for hydroxylation is 1. The monoisotopic (exact) mass is 271 g/mol. The zero-order chi connectivity index (χ0) is 14.3. The zero-order valence-electron chi connectivity index (χ0n) is 10.5. The van der Waals surface area contributed by atoms with Crippen LogP contribution >= 0.6 is 0 Å². The molecular formula is C10H17N5O4. The van der Waals surface area contributed by atoms with E-state index in [1.165, 1.54) is 0 Å². The van der Waals surface area contributed by atoms with Crippen molar-refractivity contribution in [2.24, 2.45) is 0 Å². The first kappa shape index (κ1) is 14.9. The zero-order valence-corrected chi connectivity index (χ0v) is 10.5. The van der Waals surface area contributed by atoms with Crippen molar-refractivity contribution in [1.29, 1.82) is 0 Å². The van der Waals surface area contributed by atoms with Crippen LogP contribution in [0, 0.1) is 0 Å². The van der Waals surface area contributed by atoms with Gasteiger partial charge in [-0.3, -0.25) is 0 Å². The second kappa shape index (κ2) is 7.31. The number of aromatic nitrogens is 3. The summed E-state index contributed by atoms with van der Waals surface area (Å²) >= 11 is 0. The molecule has 1 aromatic rings. The SMILES string of the molecule is CCn1cnnc1CNC(=O)N[C@@H](CCO)C(=O)O. The summed E-state index contributed by atoms with van der Waals surface area (Å²) in [4.78, 5) is 22.3. The number of carboxylic acids is 1. The van der Waals surface area contributed by atoms with E-state index < -0.39 is 18.0 Å². The maximum atomic E-state index is 11.5. The van der Waals surface area contributed by atoms with Crippen molar-refractivity contribution in [1.82, 2.24) is 25.4 Å². The highest BCUT2D eigenvalue weighted by Crippen LogP contribution is 1.95. The maximum Gasteiger partial charge on any atom is 0.326 e. The summed E-state index contributed by atoms with van der Waals surface area (Å²) in [5, 5.41) is 29.8. The number of carbonyl (C=O) groups excluding carboxylic acids is 1. The van der Waals surface area contributed by atoms with Crippen LogP contribution in [0.25, 0.3) is 0 Å². The Morgan fingerprint density at radius 3 is 2.84 bits per heavy atom. The minimum Gasteiger partial charge on any atom is -0.480 e. The van der Waals surface area contributed by atoms with Gasteiger partial charge in [-0.1, -0.05) is 0 Å². The molecule has 0 aliphatic rings. The summed E-state index contributed by atoms with van der Waals surface area (Å²) in [6.45, 7) is 2.41. The lowest BCUT2D eigenvalue weighted by atomic mass is 10.2. The van der Waals surface area contributed by atoms with Gasteiger partial charge in [-0.2, -0.15) is 0 Å². The van der Waals surface area contributed by atoms with Gasteiger partial charge in [0.2, 0.25) is 0 Å². The molecule has 0 aliphatic carbocycles. The number of hydrogen-bond acceptors (Lipinski definition) is 5. The number of urea groups is 1. The van der Waals surface area contributed by atoms with Crippen LogP contribution in [0.15, 0.2) is 6.33 Å². The number of carboxylic acid groups (broad SMARTS) is 1. The van der Waals surface area contributed by atoms with Crippen LogP contribution in [-0.4, -0.2) is 49.6 Å². The molecular weight excluding hydrogens is 254 g/mol. The van der Waals surface area contributed by atoms with E-state index >= 15 is 0 Å². The molecule has 0 aliphatic heterocycles. The van der Waals surface area contributed by atoms with Crippen LogP contribution in [0.1, 0.15) is 19.2 Å². The first-order valence-electron chi connectivity index (χ1n) is 5.83. The van der Waals surface area contributed by atoms with Gasteiger partial charge in [0.25, 0.3) is 0 Å². The maximum absolute atomic E-state index is 11.5. The van der Waals surface area contributed by atoms with E-state index in [1.807, 2.05) is 6.92 Å². The predicted octanol–water partition coefficient (Wildman–Crippen LogP) is -1.07. The van der Waals surface area contributed by atoms with Crippen LogP contribution < -0.4 is 10.6 Å². The van der Waals surface area contributed by atoms with Crippen LogP contribution in [0.5, 0.6) is 0 Å². The average molecular weight is 271 g/mol. The molecule has 9 nitrogen and oxygen atoms in total. The van der Waals surface area contributed by atoms with E-state index in [-0.39, 0.29) is 19.6 Å². The van der Waals surface area contributed by atoms with Gasteiger partial charge in [0.05, 0.1) is 6.54 Å². The van der Waals surface area contributed by atoms with Gasteiger partial charge in [0.1, 0.15) is 12.4 Å². The van der Waals surface area contributed by atoms with Gasteiger partial charge in [0, 0.05) is 19.6 Å². The lowest BCUT2D eigenvalue weighted by molar-refractivity contribution is -0.139. The van der Waals surface area contributed by atoms with Crippen molar-refractivity contribution >= 4 is 12.0 Å². The molecule has 0 spiro atoms. The fourth-order valence-corrected chi connectivity index (χ4v) is 1.44. The highest BCUT2D eigenvalue weighted by molar-refractivity contribution is 5.82. The summed E-state index contributed by atoms with van der Waals surface area (Å²) in [5.74, 6) is -0.618. The Bertz CT molecular complexity index is 433. The molecule has 0 aromatic carbocycles. The predicted molar refractivity (Wildman–Crippen MR) is 64.2 cm³/mol. The molecule has 0 fully saturated rings. The van der Waals surface area contributed by atoms with E-state index in [4.69, 9.17) is 10.2 Å². The Balaban J connectivity index is 2.44. The summed E-state index contributed by atoms with van der Waals surface area (Å²) in [5.41, 5.74) is 0. The van der Waals surface area contributed by atoms with Crippen molar-refractivity contribution in [3.05, 3.63) is 12.2 Å². The van der Waals surface area contributed by atoms with Crippen molar-refractivity contribution in [3.8, 4) is 0 Å². The Kier molecular flexibility index (Phi) is 5.73. The van der Waals surface area contributed by atoms with Gasteiger partial charge < -0.3 is 25.4 Å². The van der Waals surface area contributed by atoms with Gasteiger partial charge in [0.15, 0.2) is 5.82 Å². The minimum atomic E-state index is -1.19. The molecule has 0 unspecified atom stereocenters. The molecule has 1 aromatic heterocycles. The first-order valence-corrected chi connectivity index (χ1v) is 5.83. The number of nitrogens with one attached hydrogen (secondary N) is 2. The molecule has 0 saturated heterocycles. The molecule has 19 heavy (non-hydrogen) atoms. The van der Waals surface area contributed by atoms with Gasteiger partial charge in [-0.25, -0.2) is 9.59 Å². The van der Waals surface area contributed by atoms with Crippen LogP contribution in [0.3, 0.4) is 0 Å². The highest BCUT2D eigenvalue weighted by Gasteiger charge is 2.19. The normalized spacial score (nSPS) is 11.9. The Morgan fingerprint density at radius 1 is 1.53 bits per heavy atom. The Hall–Kier alpha value is -2.16. The lowest BCUT2D eigenvalue weighted by Crippen LogP contribution is -2.46. The minimum absolute atomic E-state index is 0.0477. The number of amides is 2. The number of hydrogen-bond donors (Lipinski definition) is 4. The van der Waals surface area contributed by atoms with Crippen molar-refractivity contribution < 1.29 is 19.8 Å². The lowest BCUT2D eigenvalue weighted by Gasteiger charge is -2.13. The number of nitrogens with zero attached hydrogens (tertiary/aromatic N) is 3. The molecule has 2 amide bonds. The third-order valence-corrected chi connectivity index (χ3v) is 2.46. The molecule has 1 rings (SSSR count). The fourth-order valence-electron chi connectivity index (χ4n) is 1.44. The van der Waals surface area contributed by atoms with Gasteiger partial charge in [-0.15, -0.1) is 10.2 Å². The molecule has 9 heteroatoms. The van der Waals surface area contributed by atoms with E-state index in [0.29, 0.717) is 12.4 Å². The number of aliphatic hydroxyl groups excluding tert-OH is 1. The smallest absolute Gasteiger partial charge is 0.326 e. The third-order valence-electron chi connectivity index (χ3n) is 2.46. The van der Waals surface area contributed by atoms with Crippen LogP contribution in [-0.2, 0) is 17.9 Å². The fraction of sp³-hybridized carbons (Fsp3) is 0.600. The molecule has 0 radical (unpaired) electrons. The molecule has 1 atom stereocenters. The molecule has 0 bridgehead atoms. The second-order valence-corrected chi connectivity index (χ2v) is 3.76. The van der Waals surface area contributed by atoms with Gasteiger partial charge in [-0.05, 0) is 6.92 Å².